The van der Waals surface area contributed by atoms with Crippen LogP contribution in [0.15, 0.2) is 115 Å². The zero-order valence-electron chi connectivity index (χ0n) is 23.1. The Morgan fingerprint density at radius 2 is 1.49 bits per heavy atom. The summed E-state index contributed by atoms with van der Waals surface area (Å²) in [5.41, 5.74) is 3.09. The Labute approximate surface area is 256 Å². The molecule has 0 saturated carbocycles. The van der Waals surface area contributed by atoms with Crippen molar-refractivity contribution in [2.45, 2.75) is 32.4 Å². The molecular weight excluding hydrogens is 570 g/mol. The van der Waals surface area contributed by atoms with E-state index < -0.39 is 17.5 Å². The predicted molar refractivity (Wildman–Crippen MR) is 163 cm³/mol. The molecule has 5 rings (SSSR count). The van der Waals surface area contributed by atoms with E-state index in [1.807, 2.05) is 130 Å². The van der Waals surface area contributed by atoms with Crippen molar-refractivity contribution in [2.24, 2.45) is 0 Å². The van der Waals surface area contributed by atoms with Gasteiger partial charge in [0.15, 0.2) is 5.01 Å². The first kappa shape index (κ1) is 31.3. The van der Waals surface area contributed by atoms with Crippen molar-refractivity contribution in [3.05, 3.63) is 131 Å². The van der Waals surface area contributed by atoms with Gasteiger partial charge < -0.3 is 40.5 Å². The summed E-state index contributed by atoms with van der Waals surface area (Å²) in [6.07, 6.45) is 5.49. The molecule has 0 radical (unpaired) electrons. The Morgan fingerprint density at radius 3 is 2.00 bits per heavy atom. The average molecular weight is 602 g/mol. The topological polar surface area (TPSA) is 62.3 Å². The molecule has 7 heteroatoms. The number of nitrogens with zero attached hydrogens (tertiary/aromatic N) is 2. The van der Waals surface area contributed by atoms with E-state index in [-0.39, 0.29) is 28.7 Å². The third-order valence-electron chi connectivity index (χ3n) is 5.88. The number of thiazole rings is 1. The Hall–Kier alpha value is -4.21. The van der Waals surface area contributed by atoms with Crippen LogP contribution in [-0.2, 0) is 21.9 Å². The summed E-state index contributed by atoms with van der Waals surface area (Å²) in [6, 6.07) is 34.1. The van der Waals surface area contributed by atoms with Crippen LogP contribution in [-0.4, -0.2) is 22.3 Å². The molecule has 0 saturated heterocycles. The maximum Gasteiger partial charge on any atom is 0.277 e. The van der Waals surface area contributed by atoms with E-state index in [2.05, 4.69) is 16.2 Å². The summed E-state index contributed by atoms with van der Waals surface area (Å²) in [5, 5.41) is 5.08. The minimum absolute atomic E-state index is 0. The number of rotatable bonds is 6. The number of amides is 2. The number of anilines is 1. The van der Waals surface area contributed by atoms with Gasteiger partial charge in [0, 0.05) is 33.7 Å². The molecule has 1 N–H and O–H groups in total. The van der Waals surface area contributed by atoms with Crippen molar-refractivity contribution in [3.63, 3.8) is 0 Å². The molecule has 1 atom stereocenters. The summed E-state index contributed by atoms with van der Waals surface area (Å²) in [5.74, 6) is 1.80. The molecule has 0 spiro atoms. The van der Waals surface area contributed by atoms with Crippen LogP contribution in [0.5, 0.6) is 0 Å². The number of aromatic nitrogens is 1. The van der Waals surface area contributed by atoms with Crippen molar-refractivity contribution in [1.82, 2.24) is 10.3 Å². The molecular formula is C34H31FeN3O2S-6. The van der Waals surface area contributed by atoms with Gasteiger partial charge in [0.05, 0.1) is 6.04 Å². The first-order chi connectivity index (χ1) is 19.3. The Balaban J connectivity index is 0.000000696. The third kappa shape index (κ3) is 8.39. The molecule has 0 fully saturated rings. The van der Waals surface area contributed by atoms with Gasteiger partial charge in [-0.1, -0.05) is 42.5 Å². The summed E-state index contributed by atoms with van der Waals surface area (Å²) < 4.78 is 0. The van der Waals surface area contributed by atoms with E-state index in [4.69, 9.17) is 6.42 Å². The summed E-state index contributed by atoms with van der Waals surface area (Å²) in [6.45, 7) is 5.73. The average Bonchev–Trinajstić information content (AvgIpc) is 3.76. The van der Waals surface area contributed by atoms with Crippen molar-refractivity contribution in [2.75, 3.05) is 4.90 Å². The molecule has 1 heterocycles. The molecule has 2 amide bonds. The van der Waals surface area contributed by atoms with Crippen LogP contribution in [0.25, 0.3) is 11.1 Å². The van der Waals surface area contributed by atoms with Crippen LogP contribution in [0.2, 0.25) is 0 Å². The molecule has 41 heavy (non-hydrogen) atoms. The van der Waals surface area contributed by atoms with E-state index in [0.29, 0.717) is 16.3 Å². The number of carbonyl (C=O) groups excluding carboxylic acids is 2. The van der Waals surface area contributed by atoms with Crippen molar-refractivity contribution in [1.29, 1.82) is 0 Å². The molecule has 4 aromatic carbocycles. The van der Waals surface area contributed by atoms with E-state index in [0.717, 1.165) is 11.1 Å². The molecule has 1 aromatic heterocycles. The first-order valence-electron chi connectivity index (χ1n) is 12.9. The van der Waals surface area contributed by atoms with Crippen molar-refractivity contribution < 1.29 is 26.7 Å². The smallest absolute Gasteiger partial charge is 0.277 e. The Bertz CT molecular complexity index is 1530. The van der Waals surface area contributed by atoms with Gasteiger partial charge in [-0.25, -0.2) is 17.1 Å². The van der Waals surface area contributed by atoms with Gasteiger partial charge >= 0.3 is 0 Å². The van der Waals surface area contributed by atoms with Crippen LogP contribution < -0.4 is 10.2 Å². The van der Waals surface area contributed by atoms with Crippen LogP contribution >= 0.6 is 11.3 Å². The predicted octanol–water partition coefficient (Wildman–Crippen LogP) is 7.22. The van der Waals surface area contributed by atoms with Crippen LogP contribution in [0.3, 0.4) is 0 Å². The van der Waals surface area contributed by atoms with Crippen molar-refractivity contribution in [3.8, 4) is 23.5 Å². The van der Waals surface area contributed by atoms with Gasteiger partial charge in [-0.3, -0.25) is 9.59 Å². The third-order valence-corrected chi connectivity index (χ3v) is 6.66. The number of hydrogen-bond acceptors (Lipinski definition) is 4. The fourth-order valence-electron chi connectivity index (χ4n) is 4.14. The minimum Gasteiger partial charge on any atom is -0.748 e. The summed E-state index contributed by atoms with van der Waals surface area (Å²) >= 11 is 1.22. The Morgan fingerprint density at radius 1 is 0.927 bits per heavy atom. The van der Waals surface area contributed by atoms with E-state index >= 15 is 0 Å². The molecule has 0 aliphatic heterocycles. The second-order valence-electron chi connectivity index (χ2n) is 10.1. The second-order valence-corrected chi connectivity index (χ2v) is 11.0. The summed E-state index contributed by atoms with van der Waals surface area (Å²) in [7, 11) is 0. The first-order valence-corrected chi connectivity index (χ1v) is 13.8. The zero-order valence-corrected chi connectivity index (χ0v) is 25.0. The number of carbonyl (C=O) groups is 2. The quantitative estimate of drug-likeness (QED) is 0.127. The van der Waals surface area contributed by atoms with Crippen LogP contribution in [0, 0.1) is 12.3 Å². The normalized spacial score (nSPS) is 11.2. The van der Waals surface area contributed by atoms with E-state index in [9.17, 15) is 9.59 Å². The molecule has 0 aliphatic rings. The number of hydrogen-bond donors (Lipinski definition) is 1. The van der Waals surface area contributed by atoms with Crippen LogP contribution in [0.4, 0.5) is 5.69 Å². The summed E-state index contributed by atoms with van der Waals surface area (Å²) in [4.78, 5) is 33.3. The maximum absolute atomic E-state index is 13.9. The van der Waals surface area contributed by atoms with Gasteiger partial charge in [0.1, 0.15) is 5.69 Å². The van der Waals surface area contributed by atoms with Gasteiger partial charge in [-0.15, -0.1) is 23.3 Å². The van der Waals surface area contributed by atoms with Gasteiger partial charge in [0.2, 0.25) is 5.91 Å². The molecule has 214 valence electrons. The molecule has 5 aromatic rings. The zero-order chi connectivity index (χ0) is 28.5. The largest absolute Gasteiger partial charge is 0.748 e. The fraction of sp³-hybridized carbons (Fsp3) is 0.147. The monoisotopic (exact) mass is 601 g/mol. The van der Waals surface area contributed by atoms with Crippen molar-refractivity contribution >= 4 is 28.8 Å². The Kier molecular flexibility index (Phi) is 11.0. The second kappa shape index (κ2) is 14.4. The molecule has 1 unspecified atom stereocenters. The van der Waals surface area contributed by atoms with Gasteiger partial charge in [-0.05, 0) is 50.0 Å². The maximum atomic E-state index is 13.9. The van der Waals surface area contributed by atoms with Crippen LogP contribution in [0.1, 0.15) is 47.9 Å². The van der Waals surface area contributed by atoms with Gasteiger partial charge in [-0.2, -0.15) is 12.1 Å². The number of benzene rings is 2. The number of nitrogens with one attached hydrogen (secondary N) is 1. The van der Waals surface area contributed by atoms with Gasteiger partial charge in [0.25, 0.3) is 5.91 Å². The standard InChI is InChI=1S/C29H26N3O2S.C5H5.Fe/c1-5-25-30-24(19-35-25)28(34)32(23-17-15-21(16-18-23)20-11-7-6-8-12-20)26(22-13-9-10-14-22)27(33)31-29(2,3)4;1-2-4-5-3-1;/h1,6-19,26H,2-4H3,(H,31,33);1-5H;/q-1;-5;. The molecule has 0 bridgehead atoms. The van der Waals surface area contributed by atoms with E-state index in [1.165, 1.54) is 16.2 Å². The fourth-order valence-corrected chi connectivity index (χ4v) is 4.73. The SMILES string of the molecule is C#Cc1nc(C(=O)N(c2ccc(-c3ccccc3)cc2)C(C(=O)NC(C)(C)C)[c-]2cccc2)cs1.[Fe].[cH-]1[cH-][cH-][cH-][cH-]1. The van der Waals surface area contributed by atoms with E-state index in [1.54, 1.807) is 5.38 Å². The minimum atomic E-state index is -0.893. The number of terminal acetylenes is 1. The molecule has 5 nitrogen and oxygen atoms in total. The molecule has 0 aliphatic carbocycles.